The lowest BCUT2D eigenvalue weighted by atomic mass is 9.81. The molecule has 0 unspecified atom stereocenters. The van der Waals surface area contributed by atoms with E-state index in [0.29, 0.717) is 42.2 Å². The molecule has 0 atom stereocenters. The fourth-order valence-corrected chi connectivity index (χ4v) is 5.35. The van der Waals surface area contributed by atoms with Crippen molar-refractivity contribution in [1.29, 1.82) is 0 Å². The van der Waals surface area contributed by atoms with Crippen LogP contribution in [0.4, 0.5) is 5.69 Å². The third-order valence-electron chi connectivity index (χ3n) is 6.29. The lowest BCUT2D eigenvalue weighted by molar-refractivity contribution is -0.124. The highest BCUT2D eigenvalue weighted by atomic mass is 32.1. The van der Waals surface area contributed by atoms with Crippen molar-refractivity contribution in [2.45, 2.75) is 89.9 Å². The Balaban J connectivity index is 1.99. The fourth-order valence-electron chi connectivity index (χ4n) is 4.51. The number of carboxylic acid groups (broad SMARTS) is 1. The lowest BCUT2D eigenvalue weighted by Gasteiger charge is -2.38. The van der Waals surface area contributed by atoms with Gasteiger partial charge >= 0.3 is 5.97 Å². The summed E-state index contributed by atoms with van der Waals surface area (Å²) < 4.78 is 0. The van der Waals surface area contributed by atoms with Crippen molar-refractivity contribution in [3.05, 3.63) is 15.8 Å². The van der Waals surface area contributed by atoms with Crippen LogP contribution in [0.15, 0.2) is 6.07 Å². The minimum absolute atomic E-state index is 0.00409. The van der Waals surface area contributed by atoms with Gasteiger partial charge in [0.2, 0.25) is 5.91 Å². The van der Waals surface area contributed by atoms with Crippen LogP contribution in [0, 0.1) is 23.7 Å². The van der Waals surface area contributed by atoms with Gasteiger partial charge in [0, 0.05) is 12.0 Å². The Hall–Kier alpha value is -1.88. The van der Waals surface area contributed by atoms with Crippen LogP contribution < -0.4 is 4.90 Å². The molecular formula is C24H33NO5S. The number of amides is 1. The number of aliphatic hydroxyl groups is 2. The smallest absolute Gasteiger partial charge is 0.348 e. The Morgan fingerprint density at radius 2 is 1.71 bits per heavy atom. The molecule has 2 saturated carbocycles. The highest BCUT2D eigenvalue weighted by Gasteiger charge is 2.37. The predicted molar refractivity (Wildman–Crippen MR) is 121 cm³/mol. The van der Waals surface area contributed by atoms with E-state index >= 15 is 0 Å². The monoisotopic (exact) mass is 447 g/mol. The fraction of sp³-hybridized carbons (Fsp3) is 0.667. The van der Waals surface area contributed by atoms with Crippen LogP contribution in [-0.4, -0.2) is 44.9 Å². The van der Waals surface area contributed by atoms with Crippen LogP contribution in [0.3, 0.4) is 0 Å². The number of thiophene rings is 1. The molecule has 31 heavy (non-hydrogen) atoms. The van der Waals surface area contributed by atoms with Crippen molar-refractivity contribution in [3.63, 3.8) is 0 Å². The third-order valence-corrected chi connectivity index (χ3v) is 7.32. The first-order valence-corrected chi connectivity index (χ1v) is 12.0. The zero-order valence-corrected chi connectivity index (χ0v) is 19.4. The number of anilines is 1. The third kappa shape index (κ3) is 6.09. The number of nitrogens with zero attached hydrogens (tertiary/aromatic N) is 1. The van der Waals surface area contributed by atoms with Crippen LogP contribution >= 0.6 is 11.3 Å². The first kappa shape index (κ1) is 23.8. The maximum absolute atomic E-state index is 13.7. The van der Waals surface area contributed by atoms with E-state index < -0.39 is 11.6 Å². The van der Waals surface area contributed by atoms with Crippen molar-refractivity contribution in [2.24, 2.45) is 11.8 Å². The molecule has 3 rings (SSSR count). The van der Waals surface area contributed by atoms with Gasteiger partial charge in [-0.15, -0.1) is 11.3 Å². The normalized spacial score (nSPS) is 26.6. The van der Waals surface area contributed by atoms with Crippen molar-refractivity contribution in [2.75, 3.05) is 4.90 Å². The number of aromatic carboxylic acids is 1. The van der Waals surface area contributed by atoms with Crippen LogP contribution in [0.5, 0.6) is 0 Å². The van der Waals surface area contributed by atoms with E-state index in [1.807, 2.05) is 0 Å². The van der Waals surface area contributed by atoms with Crippen molar-refractivity contribution < 1.29 is 24.9 Å². The molecule has 2 aliphatic carbocycles. The molecule has 3 N–H and O–H groups in total. The highest BCUT2D eigenvalue weighted by Crippen LogP contribution is 2.38. The van der Waals surface area contributed by atoms with E-state index in [1.54, 1.807) is 24.8 Å². The van der Waals surface area contributed by atoms with Gasteiger partial charge in [0.15, 0.2) is 0 Å². The Labute approximate surface area is 188 Å². The van der Waals surface area contributed by atoms with Gasteiger partial charge in [0.1, 0.15) is 10.5 Å². The molecule has 170 valence electrons. The topological polar surface area (TPSA) is 98.1 Å². The maximum atomic E-state index is 13.7. The number of rotatable bonds is 4. The summed E-state index contributed by atoms with van der Waals surface area (Å²) in [6.45, 7) is 5.34. The summed E-state index contributed by atoms with van der Waals surface area (Å²) in [6.07, 6.45) is 5.80. The molecule has 0 saturated heterocycles. The summed E-state index contributed by atoms with van der Waals surface area (Å²) in [6, 6.07) is 1.55. The molecule has 2 fully saturated rings. The van der Waals surface area contributed by atoms with E-state index in [2.05, 4.69) is 18.8 Å². The number of hydrogen-bond donors (Lipinski definition) is 3. The Bertz CT molecular complexity index is 859. The standard InChI is InChI=1S/C24H33NO5S/c1-15-4-6-16(7-5-15)22(27)25(17-8-10-18(26)11-9-17)20-14-19(12-13-24(2,3)30)31-21(20)23(28)29/h14-18,26,30H,4-11H2,1-3H3,(H,28,29). The Morgan fingerprint density at radius 1 is 1.10 bits per heavy atom. The molecule has 0 spiro atoms. The van der Waals surface area contributed by atoms with E-state index in [9.17, 15) is 24.9 Å². The second kappa shape index (κ2) is 9.72. The molecule has 0 aliphatic heterocycles. The van der Waals surface area contributed by atoms with Crippen molar-refractivity contribution in [3.8, 4) is 11.8 Å². The summed E-state index contributed by atoms with van der Waals surface area (Å²) in [4.78, 5) is 28.1. The van der Waals surface area contributed by atoms with E-state index in [-0.39, 0.29) is 28.8 Å². The zero-order chi connectivity index (χ0) is 22.8. The number of carboxylic acids is 1. The van der Waals surface area contributed by atoms with Crippen LogP contribution in [0.1, 0.15) is 86.7 Å². The van der Waals surface area contributed by atoms with Crippen molar-refractivity contribution >= 4 is 28.9 Å². The highest BCUT2D eigenvalue weighted by molar-refractivity contribution is 7.15. The number of aliphatic hydroxyl groups excluding tert-OH is 1. The molecule has 0 radical (unpaired) electrons. The van der Waals surface area contributed by atoms with Gasteiger partial charge in [0.05, 0.1) is 16.7 Å². The van der Waals surface area contributed by atoms with Crippen LogP contribution in [0.25, 0.3) is 0 Å². The zero-order valence-electron chi connectivity index (χ0n) is 18.6. The molecule has 2 aliphatic rings. The van der Waals surface area contributed by atoms with E-state index in [1.165, 1.54) is 0 Å². The summed E-state index contributed by atoms with van der Waals surface area (Å²) in [7, 11) is 0. The quantitative estimate of drug-likeness (QED) is 0.606. The van der Waals surface area contributed by atoms with Gasteiger partial charge in [-0.3, -0.25) is 4.79 Å². The van der Waals surface area contributed by atoms with E-state index in [0.717, 1.165) is 37.0 Å². The maximum Gasteiger partial charge on any atom is 0.348 e. The van der Waals surface area contributed by atoms with Crippen molar-refractivity contribution in [1.82, 2.24) is 0 Å². The first-order valence-electron chi connectivity index (χ1n) is 11.2. The second-order valence-electron chi connectivity index (χ2n) is 9.57. The minimum atomic E-state index is -1.19. The predicted octanol–water partition coefficient (Wildman–Crippen LogP) is 4.03. The van der Waals surface area contributed by atoms with Gasteiger partial charge in [-0.2, -0.15) is 0 Å². The number of hydrogen-bond acceptors (Lipinski definition) is 5. The van der Waals surface area contributed by atoms with Gasteiger partial charge < -0.3 is 20.2 Å². The molecule has 1 heterocycles. The molecule has 1 aromatic heterocycles. The van der Waals surface area contributed by atoms with Gasteiger partial charge in [0.25, 0.3) is 0 Å². The minimum Gasteiger partial charge on any atom is -0.477 e. The Kier molecular flexibility index (Phi) is 7.46. The van der Waals surface area contributed by atoms with Crippen LogP contribution in [0.2, 0.25) is 0 Å². The van der Waals surface area contributed by atoms with Gasteiger partial charge in [-0.25, -0.2) is 4.79 Å². The average Bonchev–Trinajstić information content (AvgIpc) is 3.12. The molecule has 6 nitrogen and oxygen atoms in total. The van der Waals surface area contributed by atoms with Gasteiger partial charge in [-0.05, 0) is 77.2 Å². The Morgan fingerprint density at radius 3 is 2.26 bits per heavy atom. The molecule has 7 heteroatoms. The summed E-state index contributed by atoms with van der Waals surface area (Å²) in [5.74, 6) is 5.02. The number of carbonyl (C=O) groups excluding carboxylic acids is 1. The van der Waals surface area contributed by atoms with Crippen LogP contribution in [-0.2, 0) is 4.79 Å². The largest absolute Gasteiger partial charge is 0.477 e. The summed E-state index contributed by atoms with van der Waals surface area (Å²) in [5.41, 5.74) is -0.788. The van der Waals surface area contributed by atoms with Gasteiger partial charge in [-0.1, -0.05) is 18.8 Å². The molecule has 0 bridgehead atoms. The second-order valence-corrected chi connectivity index (χ2v) is 10.6. The molecule has 0 aromatic carbocycles. The summed E-state index contributed by atoms with van der Waals surface area (Å²) >= 11 is 1.04. The summed E-state index contributed by atoms with van der Waals surface area (Å²) in [5, 5.41) is 29.7. The molecule has 1 amide bonds. The first-order chi connectivity index (χ1) is 14.5. The molecular weight excluding hydrogens is 414 g/mol. The lowest BCUT2D eigenvalue weighted by Crippen LogP contribution is -2.47. The number of carbonyl (C=O) groups is 2. The van der Waals surface area contributed by atoms with E-state index in [4.69, 9.17) is 0 Å². The molecule has 1 aromatic rings. The average molecular weight is 448 g/mol. The SMILES string of the molecule is CC1CCC(C(=O)N(c2cc(C#CC(C)(C)O)sc2C(=O)O)C2CCC(O)CC2)CC1.